The van der Waals surface area contributed by atoms with Crippen LogP contribution in [0.2, 0.25) is 0 Å². The van der Waals surface area contributed by atoms with E-state index in [2.05, 4.69) is 23.7 Å². The molecule has 0 aliphatic carbocycles. The van der Waals surface area contributed by atoms with E-state index in [1.165, 1.54) is 4.90 Å². The molecule has 1 atom stereocenters. The number of pyridine rings is 1. The van der Waals surface area contributed by atoms with Gasteiger partial charge in [0.1, 0.15) is 11.5 Å². The molecule has 0 bridgehead atoms. The van der Waals surface area contributed by atoms with Crippen molar-refractivity contribution in [1.29, 1.82) is 0 Å². The normalized spacial score (nSPS) is 16.7. The van der Waals surface area contributed by atoms with Crippen LogP contribution in [0.3, 0.4) is 0 Å². The molecule has 0 saturated carbocycles. The minimum atomic E-state index is -0.727. The Balaban J connectivity index is 1.77. The second-order valence-electron chi connectivity index (χ2n) is 8.92. The predicted octanol–water partition coefficient (Wildman–Crippen LogP) is 5.34. The number of rotatable bonds is 10. The first-order valence-electron chi connectivity index (χ1n) is 12.7. The van der Waals surface area contributed by atoms with Gasteiger partial charge in [-0.3, -0.25) is 14.6 Å². The first-order chi connectivity index (χ1) is 18.0. The molecule has 1 aromatic heterocycles. The quantitative estimate of drug-likeness (QED) is 0.230. The van der Waals surface area contributed by atoms with Gasteiger partial charge in [0.05, 0.1) is 18.2 Å². The Labute approximate surface area is 218 Å². The first kappa shape index (κ1) is 25.9. The molecule has 192 valence electrons. The SMILES string of the molecule is CCCOc1ccc(/C(O)=C2/C(=O)C(=O)N(Cc3ccncc3)C2c2ccc(N(CC)CC)cc2)cc1. The largest absolute Gasteiger partial charge is 0.507 e. The van der Waals surface area contributed by atoms with Crippen LogP contribution in [0.15, 0.2) is 78.6 Å². The van der Waals surface area contributed by atoms with Crippen LogP contribution in [0.1, 0.15) is 49.9 Å². The molecule has 3 aromatic rings. The van der Waals surface area contributed by atoms with Gasteiger partial charge in [-0.05, 0) is 79.9 Å². The minimum absolute atomic E-state index is 0.0804. The minimum Gasteiger partial charge on any atom is -0.507 e. The van der Waals surface area contributed by atoms with Gasteiger partial charge in [0.25, 0.3) is 11.7 Å². The molecule has 7 nitrogen and oxygen atoms in total. The van der Waals surface area contributed by atoms with Gasteiger partial charge in [-0.1, -0.05) is 19.1 Å². The highest BCUT2D eigenvalue weighted by Gasteiger charge is 2.46. The molecule has 1 amide bonds. The lowest BCUT2D eigenvalue weighted by atomic mass is 9.95. The van der Waals surface area contributed by atoms with Gasteiger partial charge >= 0.3 is 0 Å². The number of hydrogen-bond acceptors (Lipinski definition) is 6. The molecule has 2 aromatic carbocycles. The van der Waals surface area contributed by atoms with E-state index in [4.69, 9.17) is 4.74 Å². The molecule has 0 spiro atoms. The van der Waals surface area contributed by atoms with E-state index >= 15 is 0 Å². The number of nitrogens with zero attached hydrogens (tertiary/aromatic N) is 3. The smallest absolute Gasteiger partial charge is 0.295 e. The number of aromatic nitrogens is 1. The van der Waals surface area contributed by atoms with Gasteiger partial charge in [-0.25, -0.2) is 0 Å². The van der Waals surface area contributed by atoms with Gasteiger partial charge in [0.15, 0.2) is 0 Å². The van der Waals surface area contributed by atoms with E-state index in [9.17, 15) is 14.7 Å². The number of benzene rings is 2. The van der Waals surface area contributed by atoms with Gasteiger partial charge in [-0.15, -0.1) is 0 Å². The summed E-state index contributed by atoms with van der Waals surface area (Å²) in [5.74, 6) is -0.856. The highest BCUT2D eigenvalue weighted by atomic mass is 16.5. The highest BCUT2D eigenvalue weighted by Crippen LogP contribution is 2.40. The molecule has 1 unspecified atom stereocenters. The van der Waals surface area contributed by atoms with Gasteiger partial charge in [0, 0.05) is 43.3 Å². The zero-order chi connectivity index (χ0) is 26.4. The third-order valence-corrected chi connectivity index (χ3v) is 6.58. The number of carbonyl (C=O) groups excluding carboxylic acids is 2. The lowest BCUT2D eigenvalue weighted by molar-refractivity contribution is -0.140. The topological polar surface area (TPSA) is 83.0 Å². The Morgan fingerprint density at radius 1 is 0.946 bits per heavy atom. The summed E-state index contributed by atoms with van der Waals surface area (Å²) in [7, 11) is 0. The van der Waals surface area contributed by atoms with E-state index in [1.807, 2.05) is 43.3 Å². The number of Topliss-reactive ketones (excluding diaryl/α,β-unsaturated/α-hetero) is 1. The van der Waals surface area contributed by atoms with E-state index < -0.39 is 17.7 Å². The van der Waals surface area contributed by atoms with Crippen molar-refractivity contribution in [1.82, 2.24) is 9.88 Å². The molecule has 2 heterocycles. The predicted molar refractivity (Wildman–Crippen MR) is 144 cm³/mol. The summed E-state index contributed by atoms with van der Waals surface area (Å²) in [6.45, 7) is 8.77. The molecule has 1 aliphatic rings. The molecule has 1 N–H and O–H groups in total. The third-order valence-electron chi connectivity index (χ3n) is 6.58. The number of ketones is 1. The zero-order valence-electron chi connectivity index (χ0n) is 21.6. The fourth-order valence-electron chi connectivity index (χ4n) is 4.62. The number of aliphatic hydroxyl groups excluding tert-OH is 1. The summed E-state index contributed by atoms with van der Waals surface area (Å²) in [6.07, 6.45) is 4.19. The van der Waals surface area contributed by atoms with Crippen molar-refractivity contribution in [3.05, 3.63) is 95.3 Å². The van der Waals surface area contributed by atoms with Crippen molar-refractivity contribution in [2.24, 2.45) is 0 Å². The molecule has 1 fully saturated rings. The van der Waals surface area contributed by atoms with Crippen molar-refractivity contribution >= 4 is 23.1 Å². The van der Waals surface area contributed by atoms with Crippen LogP contribution in [-0.4, -0.2) is 46.4 Å². The van der Waals surface area contributed by atoms with Gasteiger partial charge in [0.2, 0.25) is 0 Å². The number of anilines is 1. The standard InChI is InChI=1S/C30H33N3O4/c1-4-19-37-25-13-9-23(10-14-25)28(34)26-27(22-7-11-24(12-8-22)32(5-2)6-3)33(30(36)29(26)35)20-21-15-17-31-18-16-21/h7-18,27,34H,4-6,19-20H2,1-3H3/b28-26-. The average molecular weight is 500 g/mol. The van der Waals surface area contributed by atoms with Crippen LogP contribution in [0, 0.1) is 0 Å². The number of likely N-dealkylation sites (tertiary alicyclic amines) is 1. The van der Waals surface area contributed by atoms with Crippen molar-refractivity contribution in [3.63, 3.8) is 0 Å². The molecular weight excluding hydrogens is 466 g/mol. The van der Waals surface area contributed by atoms with E-state index in [0.717, 1.165) is 36.3 Å². The number of aliphatic hydroxyl groups is 1. The Morgan fingerprint density at radius 3 is 2.19 bits per heavy atom. The molecule has 37 heavy (non-hydrogen) atoms. The van der Waals surface area contributed by atoms with Crippen LogP contribution in [0.4, 0.5) is 5.69 Å². The second kappa shape index (κ2) is 11.7. The maximum atomic E-state index is 13.3. The molecule has 1 saturated heterocycles. The van der Waals surface area contributed by atoms with Gasteiger partial charge < -0.3 is 19.6 Å². The lowest BCUT2D eigenvalue weighted by Gasteiger charge is -2.26. The summed E-state index contributed by atoms with van der Waals surface area (Å²) in [5.41, 5.74) is 3.20. The van der Waals surface area contributed by atoms with Crippen LogP contribution >= 0.6 is 0 Å². The number of amides is 1. The van der Waals surface area contributed by atoms with Crippen molar-refractivity contribution in [2.45, 2.75) is 39.8 Å². The monoisotopic (exact) mass is 499 g/mol. The van der Waals surface area contributed by atoms with Crippen molar-refractivity contribution in [3.8, 4) is 5.75 Å². The Hall–Kier alpha value is -4.13. The summed E-state index contributed by atoms with van der Waals surface area (Å²) >= 11 is 0. The molecule has 7 heteroatoms. The zero-order valence-corrected chi connectivity index (χ0v) is 21.6. The van der Waals surface area contributed by atoms with Crippen LogP contribution < -0.4 is 9.64 Å². The van der Waals surface area contributed by atoms with Crippen LogP contribution in [-0.2, 0) is 16.1 Å². The van der Waals surface area contributed by atoms with E-state index in [0.29, 0.717) is 17.9 Å². The van der Waals surface area contributed by atoms with Crippen molar-refractivity contribution in [2.75, 3.05) is 24.6 Å². The Bertz CT molecular complexity index is 1250. The third kappa shape index (κ3) is 5.50. The van der Waals surface area contributed by atoms with E-state index in [1.54, 1.807) is 36.7 Å². The summed E-state index contributed by atoms with van der Waals surface area (Å²) in [4.78, 5) is 34.4. The molecular formula is C30H33N3O4. The Morgan fingerprint density at radius 2 is 1.59 bits per heavy atom. The van der Waals surface area contributed by atoms with Crippen LogP contribution in [0.25, 0.3) is 5.76 Å². The number of ether oxygens (including phenoxy) is 1. The summed E-state index contributed by atoms with van der Waals surface area (Å²) < 4.78 is 5.64. The number of carbonyl (C=O) groups is 2. The first-order valence-corrected chi connectivity index (χ1v) is 12.7. The fraction of sp³-hybridized carbons (Fsp3) is 0.300. The maximum absolute atomic E-state index is 13.3. The Kier molecular flexibility index (Phi) is 8.23. The van der Waals surface area contributed by atoms with Gasteiger partial charge in [-0.2, -0.15) is 0 Å². The molecule has 0 radical (unpaired) electrons. The van der Waals surface area contributed by atoms with Crippen molar-refractivity contribution < 1.29 is 19.4 Å². The summed E-state index contributed by atoms with van der Waals surface area (Å²) in [5, 5.41) is 11.3. The second-order valence-corrected chi connectivity index (χ2v) is 8.92. The average Bonchev–Trinajstić information content (AvgIpc) is 3.18. The fourth-order valence-corrected chi connectivity index (χ4v) is 4.62. The highest BCUT2D eigenvalue weighted by molar-refractivity contribution is 6.46. The van der Waals surface area contributed by atoms with E-state index in [-0.39, 0.29) is 17.9 Å². The maximum Gasteiger partial charge on any atom is 0.295 e. The summed E-state index contributed by atoms with van der Waals surface area (Å²) in [6, 6.07) is 17.7. The lowest BCUT2D eigenvalue weighted by Crippen LogP contribution is -2.29. The number of hydrogen-bond donors (Lipinski definition) is 1. The van der Waals surface area contributed by atoms with Crippen LogP contribution in [0.5, 0.6) is 5.75 Å². The molecule has 4 rings (SSSR count). The molecule has 1 aliphatic heterocycles.